The van der Waals surface area contributed by atoms with E-state index in [1.807, 2.05) is 24.3 Å². The van der Waals surface area contributed by atoms with Gasteiger partial charge in [-0.25, -0.2) is 0 Å². The molecule has 21 heavy (non-hydrogen) atoms. The van der Waals surface area contributed by atoms with Crippen molar-refractivity contribution in [2.75, 3.05) is 13.2 Å². The van der Waals surface area contributed by atoms with E-state index in [4.69, 9.17) is 4.74 Å². The Labute approximate surface area is 132 Å². The molecule has 2 aromatic rings. The smallest absolute Gasteiger partial charge is 0.119 e. The van der Waals surface area contributed by atoms with E-state index >= 15 is 0 Å². The minimum atomic E-state index is 0.412. The molecular weight excluding hydrogens is 278 g/mol. The summed E-state index contributed by atoms with van der Waals surface area (Å²) in [7, 11) is 0. The highest BCUT2D eigenvalue weighted by molar-refractivity contribution is 7.09. The van der Waals surface area contributed by atoms with Crippen LogP contribution in [0.15, 0.2) is 41.8 Å². The van der Waals surface area contributed by atoms with Gasteiger partial charge in [0.15, 0.2) is 0 Å². The van der Waals surface area contributed by atoms with Crippen LogP contribution in [0.3, 0.4) is 0 Å². The number of hydrogen-bond donors (Lipinski definition) is 1. The summed E-state index contributed by atoms with van der Waals surface area (Å²) in [5, 5.41) is 5.75. The molecule has 114 valence electrons. The van der Waals surface area contributed by atoms with Gasteiger partial charge in [0.2, 0.25) is 0 Å². The molecule has 1 heterocycles. The lowest BCUT2D eigenvalue weighted by molar-refractivity contribution is 0.339. The molecule has 0 saturated heterocycles. The third-order valence-electron chi connectivity index (χ3n) is 3.52. The molecule has 1 aromatic heterocycles. The van der Waals surface area contributed by atoms with E-state index in [9.17, 15) is 0 Å². The predicted molar refractivity (Wildman–Crippen MR) is 91.3 cm³/mol. The SMILES string of the molecule is CCNC(CCCc1cccs1)c1cccc(OCC)c1. The van der Waals surface area contributed by atoms with Crippen LogP contribution in [0.1, 0.15) is 43.2 Å². The Morgan fingerprint density at radius 3 is 2.81 bits per heavy atom. The van der Waals surface area contributed by atoms with Crippen LogP contribution in [-0.2, 0) is 6.42 Å². The number of ether oxygens (including phenoxy) is 1. The minimum absolute atomic E-state index is 0.412. The van der Waals surface area contributed by atoms with Gasteiger partial charge in [0.05, 0.1) is 6.61 Å². The summed E-state index contributed by atoms with van der Waals surface area (Å²) in [5.41, 5.74) is 1.33. The van der Waals surface area contributed by atoms with E-state index in [0.29, 0.717) is 12.6 Å². The topological polar surface area (TPSA) is 21.3 Å². The van der Waals surface area contributed by atoms with Crippen molar-refractivity contribution < 1.29 is 4.74 Å². The Kier molecular flexibility index (Phi) is 6.77. The molecule has 2 nitrogen and oxygen atoms in total. The fraction of sp³-hybridized carbons (Fsp3) is 0.444. The summed E-state index contributed by atoms with van der Waals surface area (Å²) in [6.07, 6.45) is 3.53. The Hall–Kier alpha value is -1.32. The van der Waals surface area contributed by atoms with Crippen LogP contribution in [0.4, 0.5) is 0 Å². The lowest BCUT2D eigenvalue weighted by atomic mass is 10.0. The van der Waals surface area contributed by atoms with E-state index in [1.54, 1.807) is 0 Å². The third-order valence-corrected chi connectivity index (χ3v) is 4.45. The number of rotatable bonds is 9. The van der Waals surface area contributed by atoms with Gasteiger partial charge < -0.3 is 10.1 Å². The number of nitrogens with one attached hydrogen (secondary N) is 1. The van der Waals surface area contributed by atoms with E-state index in [1.165, 1.54) is 23.3 Å². The molecule has 3 heteroatoms. The van der Waals surface area contributed by atoms with Crippen molar-refractivity contribution in [3.05, 3.63) is 52.2 Å². The van der Waals surface area contributed by atoms with Crippen LogP contribution >= 0.6 is 11.3 Å². The van der Waals surface area contributed by atoms with E-state index in [-0.39, 0.29) is 0 Å². The predicted octanol–water partition coefficient (Wildman–Crippen LogP) is 4.82. The Bertz CT molecular complexity index is 510. The highest BCUT2D eigenvalue weighted by Crippen LogP contribution is 2.24. The summed E-state index contributed by atoms with van der Waals surface area (Å²) < 4.78 is 5.61. The Balaban J connectivity index is 1.95. The number of hydrogen-bond acceptors (Lipinski definition) is 3. The molecule has 0 bridgehead atoms. The summed E-state index contributed by atoms with van der Waals surface area (Å²) in [4.78, 5) is 1.48. The lowest BCUT2D eigenvalue weighted by Crippen LogP contribution is -2.21. The average molecular weight is 303 g/mol. The van der Waals surface area contributed by atoms with Gasteiger partial charge in [-0.05, 0) is 61.9 Å². The molecule has 0 aliphatic heterocycles. The number of benzene rings is 1. The fourth-order valence-electron chi connectivity index (χ4n) is 2.56. The molecule has 1 N–H and O–H groups in total. The normalized spacial score (nSPS) is 12.3. The summed E-state index contributed by atoms with van der Waals surface area (Å²) in [6.45, 7) is 5.89. The van der Waals surface area contributed by atoms with E-state index < -0.39 is 0 Å². The van der Waals surface area contributed by atoms with Gasteiger partial charge in [-0.3, -0.25) is 0 Å². The first-order valence-corrected chi connectivity index (χ1v) is 8.70. The molecule has 0 saturated carbocycles. The average Bonchev–Trinajstić information content (AvgIpc) is 3.00. The molecule has 0 aliphatic rings. The largest absolute Gasteiger partial charge is 0.494 e. The second kappa shape index (κ2) is 8.85. The maximum Gasteiger partial charge on any atom is 0.119 e. The second-order valence-electron chi connectivity index (χ2n) is 5.09. The maximum absolute atomic E-state index is 5.61. The van der Waals surface area contributed by atoms with E-state index in [0.717, 1.165) is 18.7 Å². The van der Waals surface area contributed by atoms with Gasteiger partial charge in [0.1, 0.15) is 5.75 Å². The van der Waals surface area contributed by atoms with Crippen molar-refractivity contribution in [3.8, 4) is 5.75 Å². The molecule has 0 amide bonds. The highest BCUT2D eigenvalue weighted by atomic mass is 32.1. The van der Waals surface area contributed by atoms with Gasteiger partial charge in [-0.2, -0.15) is 0 Å². The van der Waals surface area contributed by atoms with Gasteiger partial charge in [-0.1, -0.05) is 25.1 Å². The van der Waals surface area contributed by atoms with Crippen LogP contribution in [0.5, 0.6) is 5.75 Å². The highest BCUT2D eigenvalue weighted by Gasteiger charge is 2.11. The third kappa shape index (κ3) is 5.18. The molecule has 0 spiro atoms. The molecule has 0 radical (unpaired) electrons. The van der Waals surface area contributed by atoms with Crippen LogP contribution in [0.2, 0.25) is 0 Å². The zero-order chi connectivity index (χ0) is 14.9. The van der Waals surface area contributed by atoms with E-state index in [2.05, 4.69) is 48.0 Å². The van der Waals surface area contributed by atoms with Crippen LogP contribution in [0.25, 0.3) is 0 Å². The fourth-order valence-corrected chi connectivity index (χ4v) is 3.31. The van der Waals surface area contributed by atoms with Gasteiger partial charge in [0, 0.05) is 10.9 Å². The molecule has 1 unspecified atom stereocenters. The van der Waals surface area contributed by atoms with Crippen LogP contribution in [0, 0.1) is 0 Å². The van der Waals surface area contributed by atoms with Crippen molar-refractivity contribution in [1.82, 2.24) is 5.32 Å². The maximum atomic E-state index is 5.61. The quantitative estimate of drug-likeness (QED) is 0.717. The zero-order valence-electron chi connectivity index (χ0n) is 13.0. The summed E-state index contributed by atoms with van der Waals surface area (Å²) in [5.74, 6) is 0.969. The molecule has 1 atom stereocenters. The van der Waals surface area contributed by atoms with Crippen molar-refractivity contribution in [1.29, 1.82) is 0 Å². The first-order valence-electron chi connectivity index (χ1n) is 7.82. The lowest BCUT2D eigenvalue weighted by Gasteiger charge is -2.19. The van der Waals surface area contributed by atoms with Crippen LogP contribution in [-0.4, -0.2) is 13.2 Å². The minimum Gasteiger partial charge on any atom is -0.494 e. The van der Waals surface area contributed by atoms with Gasteiger partial charge in [0.25, 0.3) is 0 Å². The first kappa shape index (κ1) is 16.1. The van der Waals surface area contributed by atoms with Gasteiger partial charge >= 0.3 is 0 Å². The summed E-state index contributed by atoms with van der Waals surface area (Å²) >= 11 is 1.85. The summed E-state index contributed by atoms with van der Waals surface area (Å²) in [6, 6.07) is 13.3. The van der Waals surface area contributed by atoms with Gasteiger partial charge in [-0.15, -0.1) is 11.3 Å². The second-order valence-corrected chi connectivity index (χ2v) is 6.12. The molecular formula is C18H25NOS. The zero-order valence-corrected chi connectivity index (χ0v) is 13.8. The van der Waals surface area contributed by atoms with Crippen molar-refractivity contribution >= 4 is 11.3 Å². The molecule has 1 aromatic carbocycles. The van der Waals surface area contributed by atoms with Crippen molar-refractivity contribution in [3.63, 3.8) is 0 Å². The number of thiophene rings is 1. The standard InChI is InChI=1S/C18H25NOS/c1-3-19-18(12-6-10-17-11-7-13-21-17)15-8-5-9-16(14-15)20-4-2/h5,7-9,11,13-14,18-19H,3-4,6,10,12H2,1-2H3. The molecule has 0 fully saturated rings. The Morgan fingerprint density at radius 2 is 2.10 bits per heavy atom. The Morgan fingerprint density at radius 1 is 1.19 bits per heavy atom. The van der Waals surface area contributed by atoms with Crippen molar-refractivity contribution in [2.45, 2.75) is 39.2 Å². The molecule has 0 aliphatic carbocycles. The van der Waals surface area contributed by atoms with Crippen molar-refractivity contribution in [2.24, 2.45) is 0 Å². The monoisotopic (exact) mass is 303 g/mol. The molecule has 2 rings (SSSR count). The first-order chi connectivity index (χ1) is 10.3. The van der Waals surface area contributed by atoms with Crippen LogP contribution < -0.4 is 10.1 Å². The number of aryl methyl sites for hydroxylation is 1.